The van der Waals surface area contributed by atoms with E-state index >= 15 is 0 Å². The van der Waals surface area contributed by atoms with Gasteiger partial charge in [-0.25, -0.2) is 0 Å². The van der Waals surface area contributed by atoms with Gasteiger partial charge in [0, 0.05) is 0 Å². The van der Waals surface area contributed by atoms with Crippen LogP contribution in [0.4, 0.5) is 0 Å². The van der Waals surface area contributed by atoms with Crippen molar-refractivity contribution in [3.63, 3.8) is 0 Å². The van der Waals surface area contributed by atoms with E-state index in [0.29, 0.717) is 0 Å². The molecule has 4 nitrogen and oxygen atoms in total. The average Bonchev–Trinajstić information content (AvgIpc) is 0. The van der Waals surface area contributed by atoms with E-state index in [4.69, 9.17) is 0 Å². The Balaban J connectivity index is 0. The topological polar surface area (TPSA) is 114 Å². The maximum absolute atomic E-state index is 0. The molecule has 0 fully saturated rings. The minimum atomic E-state index is 0. The van der Waals surface area contributed by atoms with Gasteiger partial charge in [0.05, 0.1) is 0 Å². The first-order valence-corrected chi connectivity index (χ1v) is 0. The molecule has 0 aromatic carbocycles. The Morgan fingerprint density at radius 2 is 0.500 bits per heavy atom. The molecule has 39 valence electrons. The van der Waals surface area contributed by atoms with Gasteiger partial charge in [-0.05, 0) is 0 Å². The van der Waals surface area contributed by atoms with Gasteiger partial charge in [0.25, 0.3) is 0 Å². The summed E-state index contributed by atoms with van der Waals surface area (Å²) in [4.78, 5) is 0. The Hall–Kier alpha value is 1.03. The minimum Gasteiger partial charge on any atom is -2.00 e. The third kappa shape index (κ3) is 76.5. The van der Waals surface area contributed by atoms with Crippen molar-refractivity contribution in [2.75, 3.05) is 0 Å². The van der Waals surface area contributed by atoms with Crippen molar-refractivity contribution in [1.82, 2.24) is 0 Å². The molecule has 0 saturated carbocycles. The summed E-state index contributed by atoms with van der Waals surface area (Å²) < 4.78 is 0. The Kier molecular flexibility index (Phi) is 5700. The van der Waals surface area contributed by atoms with E-state index in [1.165, 1.54) is 0 Å². The second-order valence-corrected chi connectivity index (χ2v) is 0. The second-order valence-electron chi connectivity index (χ2n) is 0. The van der Waals surface area contributed by atoms with Crippen molar-refractivity contribution >= 4 is 0 Å². The maximum Gasteiger partial charge on any atom is 6.00 e. The zero-order chi connectivity index (χ0) is 0. The SMILES string of the molecule is [Co+2].[Mo+6].[O-2].[O-2].[O-2].[O-2]. The molecular weight excluding hydrogens is 219 g/mol. The van der Waals surface area contributed by atoms with Crippen LogP contribution in [0.3, 0.4) is 0 Å². The van der Waals surface area contributed by atoms with Crippen LogP contribution in [0.15, 0.2) is 0 Å². The van der Waals surface area contributed by atoms with Crippen molar-refractivity contribution in [3.05, 3.63) is 0 Å². The molecule has 0 aliphatic heterocycles. The molecule has 0 N–H and O–H groups in total. The molecule has 0 spiro atoms. The van der Waals surface area contributed by atoms with Crippen LogP contribution in [0, 0.1) is 0 Å². The van der Waals surface area contributed by atoms with Gasteiger partial charge in [-0.3, -0.25) is 0 Å². The van der Waals surface area contributed by atoms with Crippen LogP contribution in [0.1, 0.15) is 0 Å². The monoisotopic (exact) mass is 221 g/mol. The normalized spacial score (nSPS) is 0. The molecule has 0 saturated heterocycles. The van der Waals surface area contributed by atoms with Gasteiger partial charge in [-0.1, -0.05) is 0 Å². The van der Waals surface area contributed by atoms with Gasteiger partial charge in [0.2, 0.25) is 0 Å². The van der Waals surface area contributed by atoms with Crippen LogP contribution in [-0.4, -0.2) is 0 Å². The maximum atomic E-state index is 0. The molecule has 0 rings (SSSR count). The van der Waals surface area contributed by atoms with Crippen LogP contribution < -0.4 is 0 Å². The predicted molar refractivity (Wildman–Crippen MR) is 2.75 cm³/mol. The van der Waals surface area contributed by atoms with E-state index in [9.17, 15) is 0 Å². The molecule has 0 bridgehead atoms. The van der Waals surface area contributed by atoms with E-state index in [0.717, 1.165) is 0 Å². The quantitative estimate of drug-likeness (QED) is 0.489. The zero-order valence-electron chi connectivity index (χ0n) is 2.37. The van der Waals surface area contributed by atoms with Gasteiger partial charge in [-0.15, -0.1) is 0 Å². The molecule has 0 atom stereocenters. The fourth-order valence-corrected chi connectivity index (χ4v) is 0. The molecule has 6 heavy (non-hydrogen) atoms. The standard InChI is InChI=1S/Co.Mo.4O/q+2;+6;4*-2. The number of hydrogen-bond acceptors (Lipinski definition) is 0. The third-order valence-electron chi connectivity index (χ3n) is 0. The molecule has 0 aliphatic rings. The fraction of sp³-hybridized carbons (Fsp3) is 0. The smallest absolute Gasteiger partial charge is 2.00 e. The van der Waals surface area contributed by atoms with Gasteiger partial charge < -0.3 is 21.9 Å². The van der Waals surface area contributed by atoms with Crippen LogP contribution >= 0.6 is 0 Å². The fourth-order valence-electron chi connectivity index (χ4n) is 0. The first-order chi connectivity index (χ1) is 0. The van der Waals surface area contributed by atoms with Gasteiger partial charge in [-0.2, -0.15) is 0 Å². The third-order valence-corrected chi connectivity index (χ3v) is 0. The summed E-state index contributed by atoms with van der Waals surface area (Å²) in [6, 6.07) is 0. The summed E-state index contributed by atoms with van der Waals surface area (Å²) >= 11 is 0. The van der Waals surface area contributed by atoms with E-state index in [1.54, 1.807) is 0 Å². The van der Waals surface area contributed by atoms with Gasteiger partial charge >= 0.3 is 37.8 Å². The molecule has 0 unspecified atom stereocenters. The summed E-state index contributed by atoms with van der Waals surface area (Å²) in [6.45, 7) is 0. The largest absolute Gasteiger partial charge is 6.00 e. The summed E-state index contributed by atoms with van der Waals surface area (Å²) in [5.74, 6) is 0. The summed E-state index contributed by atoms with van der Waals surface area (Å²) in [5.41, 5.74) is 0. The molecular formula is CoMoO4. The van der Waals surface area contributed by atoms with Crippen molar-refractivity contribution in [3.8, 4) is 0 Å². The Morgan fingerprint density at radius 1 is 0.500 bits per heavy atom. The molecule has 0 aromatic heterocycles. The zero-order valence-corrected chi connectivity index (χ0v) is 5.42. The minimum absolute atomic E-state index is 0. The predicted octanol–water partition coefficient (Wildman–Crippen LogP) is -0.480. The molecule has 1 radical (unpaired) electrons. The van der Waals surface area contributed by atoms with E-state index < -0.39 is 0 Å². The summed E-state index contributed by atoms with van der Waals surface area (Å²) in [5, 5.41) is 0. The van der Waals surface area contributed by atoms with Gasteiger partial charge in [0.1, 0.15) is 0 Å². The van der Waals surface area contributed by atoms with Crippen LogP contribution in [0.5, 0.6) is 0 Å². The first-order valence-electron chi connectivity index (χ1n) is 0. The van der Waals surface area contributed by atoms with Crippen molar-refractivity contribution in [1.29, 1.82) is 0 Å². The van der Waals surface area contributed by atoms with E-state index in [-0.39, 0.29) is 59.7 Å². The van der Waals surface area contributed by atoms with Crippen molar-refractivity contribution < 1.29 is 59.7 Å². The number of hydrogen-bond donors (Lipinski definition) is 0. The molecule has 0 heterocycles. The van der Waals surface area contributed by atoms with Crippen LogP contribution in [-0.2, 0) is 59.7 Å². The molecule has 6 heteroatoms. The summed E-state index contributed by atoms with van der Waals surface area (Å²) in [6.07, 6.45) is 0. The molecule has 0 aromatic rings. The summed E-state index contributed by atoms with van der Waals surface area (Å²) in [7, 11) is 0. The van der Waals surface area contributed by atoms with E-state index in [1.807, 2.05) is 0 Å². The average molecular weight is 219 g/mol. The van der Waals surface area contributed by atoms with Crippen molar-refractivity contribution in [2.24, 2.45) is 0 Å². The van der Waals surface area contributed by atoms with Crippen molar-refractivity contribution in [2.45, 2.75) is 0 Å². The Morgan fingerprint density at radius 3 is 0.500 bits per heavy atom. The van der Waals surface area contributed by atoms with Crippen LogP contribution in [0.25, 0.3) is 0 Å². The number of rotatable bonds is 0. The second kappa shape index (κ2) is 143. The van der Waals surface area contributed by atoms with Gasteiger partial charge in [0.15, 0.2) is 0 Å². The Labute approximate surface area is 60.0 Å². The molecule has 0 amide bonds. The molecule has 0 aliphatic carbocycles. The first kappa shape index (κ1) is 239. The van der Waals surface area contributed by atoms with Crippen LogP contribution in [0.2, 0.25) is 0 Å². The van der Waals surface area contributed by atoms with E-state index in [2.05, 4.69) is 0 Å². The Bertz CT molecular complexity index is 7.51.